The standard InChI is InChI=1S/C26H31N3O3S/c1-28(2)21-10-6-19(7-11-21)17-29(18-20-8-12-22(30-3)13-9-20)26(33)27-24-15-14-23(31-4)16-25(24)32-5/h6-16H,17-18H2,1-5H3,(H,27,33). The highest BCUT2D eigenvalue weighted by Gasteiger charge is 2.15. The number of thiocarbonyl (C=S) groups is 1. The molecule has 7 heteroatoms. The summed E-state index contributed by atoms with van der Waals surface area (Å²) < 4.78 is 16.1. The van der Waals surface area contributed by atoms with E-state index < -0.39 is 0 Å². The van der Waals surface area contributed by atoms with E-state index in [0.717, 1.165) is 28.4 Å². The lowest BCUT2D eigenvalue weighted by atomic mass is 10.1. The first-order valence-electron chi connectivity index (χ1n) is 10.6. The van der Waals surface area contributed by atoms with E-state index in [9.17, 15) is 0 Å². The fourth-order valence-corrected chi connectivity index (χ4v) is 3.61. The molecule has 1 N–H and O–H groups in total. The predicted molar refractivity (Wildman–Crippen MR) is 139 cm³/mol. The zero-order chi connectivity index (χ0) is 23.8. The summed E-state index contributed by atoms with van der Waals surface area (Å²) in [5, 5.41) is 3.95. The van der Waals surface area contributed by atoms with Gasteiger partial charge < -0.3 is 29.3 Å². The highest BCUT2D eigenvalue weighted by atomic mass is 32.1. The molecule has 0 aromatic heterocycles. The molecule has 3 aromatic carbocycles. The SMILES string of the molecule is COc1ccc(CN(Cc2ccc(N(C)C)cc2)C(=S)Nc2ccc(OC)cc2OC)cc1. The van der Waals surface area contributed by atoms with Gasteiger partial charge in [0.2, 0.25) is 0 Å². The van der Waals surface area contributed by atoms with Crippen LogP contribution in [0.4, 0.5) is 11.4 Å². The molecule has 0 fully saturated rings. The van der Waals surface area contributed by atoms with Gasteiger partial charge in [-0.1, -0.05) is 24.3 Å². The Morgan fingerprint density at radius 2 is 1.30 bits per heavy atom. The van der Waals surface area contributed by atoms with Gasteiger partial charge in [-0.15, -0.1) is 0 Å². The Balaban J connectivity index is 1.83. The number of benzene rings is 3. The maximum atomic E-state index is 5.84. The zero-order valence-corrected chi connectivity index (χ0v) is 20.6. The molecule has 0 unspecified atom stereocenters. The minimum Gasteiger partial charge on any atom is -0.497 e. The molecule has 0 aliphatic carbocycles. The van der Waals surface area contributed by atoms with Gasteiger partial charge in [0.15, 0.2) is 5.11 Å². The van der Waals surface area contributed by atoms with Crippen LogP contribution in [0.3, 0.4) is 0 Å². The van der Waals surface area contributed by atoms with E-state index in [4.69, 9.17) is 26.4 Å². The lowest BCUT2D eigenvalue weighted by Gasteiger charge is -2.27. The van der Waals surface area contributed by atoms with Crippen molar-refractivity contribution >= 4 is 28.7 Å². The number of methoxy groups -OCH3 is 3. The van der Waals surface area contributed by atoms with Crippen LogP contribution in [0.1, 0.15) is 11.1 Å². The summed E-state index contributed by atoms with van der Waals surface area (Å²) in [5.41, 5.74) is 4.24. The molecule has 0 radical (unpaired) electrons. The second kappa shape index (κ2) is 11.4. The van der Waals surface area contributed by atoms with Gasteiger partial charge in [-0.25, -0.2) is 0 Å². The van der Waals surface area contributed by atoms with Crippen molar-refractivity contribution in [1.29, 1.82) is 0 Å². The van der Waals surface area contributed by atoms with Crippen molar-refractivity contribution < 1.29 is 14.2 Å². The van der Waals surface area contributed by atoms with E-state index in [0.29, 0.717) is 24.0 Å². The molecule has 0 amide bonds. The molecular formula is C26H31N3O3S. The van der Waals surface area contributed by atoms with Crippen molar-refractivity contribution in [1.82, 2.24) is 4.90 Å². The summed E-state index contributed by atoms with van der Waals surface area (Å²) in [6.45, 7) is 1.30. The number of hydrogen-bond donors (Lipinski definition) is 1. The highest BCUT2D eigenvalue weighted by molar-refractivity contribution is 7.80. The third-order valence-corrected chi connectivity index (χ3v) is 5.66. The summed E-state index contributed by atoms with van der Waals surface area (Å²) in [7, 11) is 8.99. The van der Waals surface area contributed by atoms with E-state index in [1.807, 2.05) is 44.4 Å². The van der Waals surface area contributed by atoms with Gasteiger partial charge in [-0.2, -0.15) is 0 Å². The Morgan fingerprint density at radius 3 is 1.82 bits per heavy atom. The Kier molecular flexibility index (Phi) is 8.38. The van der Waals surface area contributed by atoms with Gasteiger partial charge in [0.05, 0.1) is 27.0 Å². The quantitative estimate of drug-likeness (QED) is 0.437. The second-order valence-corrected chi connectivity index (χ2v) is 8.15. The molecule has 0 saturated carbocycles. The first-order valence-corrected chi connectivity index (χ1v) is 11.0. The number of rotatable bonds is 9. The maximum Gasteiger partial charge on any atom is 0.174 e. The van der Waals surface area contributed by atoms with Crippen molar-refractivity contribution in [3.8, 4) is 17.2 Å². The summed E-state index contributed by atoms with van der Waals surface area (Å²) in [5.74, 6) is 2.21. The molecule has 0 spiro atoms. The fraction of sp³-hybridized carbons (Fsp3) is 0.269. The van der Waals surface area contributed by atoms with Crippen LogP contribution >= 0.6 is 12.2 Å². The van der Waals surface area contributed by atoms with E-state index in [2.05, 4.69) is 51.5 Å². The van der Waals surface area contributed by atoms with Gasteiger partial charge in [0.1, 0.15) is 17.2 Å². The Hall–Kier alpha value is -3.45. The molecular weight excluding hydrogens is 434 g/mol. The lowest BCUT2D eigenvalue weighted by molar-refractivity contribution is 0.394. The van der Waals surface area contributed by atoms with Crippen LogP contribution in [-0.2, 0) is 13.1 Å². The van der Waals surface area contributed by atoms with Crippen LogP contribution in [0, 0.1) is 0 Å². The van der Waals surface area contributed by atoms with Crippen molar-refractivity contribution in [2.24, 2.45) is 0 Å². The summed E-state index contributed by atoms with van der Waals surface area (Å²) >= 11 is 5.84. The van der Waals surface area contributed by atoms with Gasteiger partial charge >= 0.3 is 0 Å². The number of anilines is 2. The van der Waals surface area contributed by atoms with Gasteiger partial charge in [-0.05, 0) is 59.7 Å². The minimum atomic E-state index is 0.603. The third kappa shape index (κ3) is 6.52. The van der Waals surface area contributed by atoms with Gasteiger partial charge in [-0.3, -0.25) is 0 Å². The van der Waals surface area contributed by atoms with Crippen LogP contribution in [0.5, 0.6) is 17.2 Å². The number of hydrogen-bond acceptors (Lipinski definition) is 5. The maximum absolute atomic E-state index is 5.84. The average molecular weight is 466 g/mol. The van der Waals surface area contributed by atoms with Gasteiger partial charge in [0.25, 0.3) is 0 Å². The van der Waals surface area contributed by atoms with Crippen LogP contribution in [0.15, 0.2) is 66.7 Å². The minimum absolute atomic E-state index is 0.603. The zero-order valence-electron chi connectivity index (χ0n) is 19.8. The third-order valence-electron chi connectivity index (χ3n) is 5.30. The van der Waals surface area contributed by atoms with Crippen molar-refractivity contribution in [3.05, 3.63) is 77.9 Å². The molecule has 0 atom stereocenters. The normalized spacial score (nSPS) is 10.3. The first-order chi connectivity index (χ1) is 15.9. The molecule has 6 nitrogen and oxygen atoms in total. The molecule has 3 rings (SSSR count). The molecule has 3 aromatic rings. The van der Waals surface area contributed by atoms with E-state index in [-0.39, 0.29) is 0 Å². The van der Waals surface area contributed by atoms with Crippen LogP contribution in [0.25, 0.3) is 0 Å². The molecule has 174 valence electrons. The molecule has 33 heavy (non-hydrogen) atoms. The highest BCUT2D eigenvalue weighted by Crippen LogP contribution is 2.29. The Labute approximate surface area is 201 Å². The molecule has 0 saturated heterocycles. The van der Waals surface area contributed by atoms with E-state index in [1.54, 1.807) is 21.3 Å². The van der Waals surface area contributed by atoms with Crippen LogP contribution < -0.4 is 24.4 Å². The lowest BCUT2D eigenvalue weighted by Crippen LogP contribution is -2.34. The van der Waals surface area contributed by atoms with Gasteiger partial charge in [0, 0.05) is 38.9 Å². The van der Waals surface area contributed by atoms with Crippen molar-refractivity contribution in [2.45, 2.75) is 13.1 Å². The number of nitrogens with zero attached hydrogens (tertiary/aromatic N) is 2. The number of ether oxygens (including phenoxy) is 3. The monoisotopic (exact) mass is 465 g/mol. The molecule has 0 heterocycles. The molecule has 0 aliphatic rings. The first kappa shape index (κ1) is 24.2. The summed E-state index contributed by atoms with van der Waals surface area (Å²) in [6, 6.07) is 22.1. The topological polar surface area (TPSA) is 46.2 Å². The van der Waals surface area contributed by atoms with Crippen LogP contribution in [-0.4, -0.2) is 45.4 Å². The van der Waals surface area contributed by atoms with Crippen molar-refractivity contribution in [3.63, 3.8) is 0 Å². The second-order valence-electron chi connectivity index (χ2n) is 7.76. The van der Waals surface area contributed by atoms with E-state index in [1.165, 1.54) is 5.56 Å². The van der Waals surface area contributed by atoms with Crippen LogP contribution in [0.2, 0.25) is 0 Å². The summed E-state index contributed by atoms with van der Waals surface area (Å²) in [6.07, 6.45) is 0. The van der Waals surface area contributed by atoms with Crippen molar-refractivity contribution in [2.75, 3.05) is 45.6 Å². The Morgan fingerprint density at radius 1 is 0.758 bits per heavy atom. The fourth-order valence-electron chi connectivity index (χ4n) is 3.37. The number of nitrogens with one attached hydrogen (secondary N) is 1. The molecule has 0 bridgehead atoms. The average Bonchev–Trinajstić information content (AvgIpc) is 2.84. The largest absolute Gasteiger partial charge is 0.497 e. The molecule has 0 aliphatic heterocycles. The predicted octanol–water partition coefficient (Wildman–Crippen LogP) is 5.18. The van der Waals surface area contributed by atoms with E-state index >= 15 is 0 Å². The smallest absolute Gasteiger partial charge is 0.174 e. The Bertz CT molecular complexity index is 1050. The summed E-state index contributed by atoms with van der Waals surface area (Å²) in [4.78, 5) is 4.21.